The van der Waals surface area contributed by atoms with Gasteiger partial charge in [0, 0.05) is 29.2 Å². The summed E-state index contributed by atoms with van der Waals surface area (Å²) in [6, 6.07) is 7.88. The smallest absolute Gasteiger partial charge is 0.224 e. The average Bonchev–Trinajstić information content (AvgIpc) is 3.03. The molecule has 2 aromatic rings. The summed E-state index contributed by atoms with van der Waals surface area (Å²) in [5, 5.41) is 9.27. The molecule has 0 spiro atoms. The Morgan fingerprint density at radius 2 is 2.00 bits per heavy atom. The summed E-state index contributed by atoms with van der Waals surface area (Å²) in [4.78, 5) is 16.3. The number of carbonyl (C=O) groups excluding carboxylic acids is 1. The maximum Gasteiger partial charge on any atom is 0.224 e. The van der Waals surface area contributed by atoms with E-state index in [1.807, 2.05) is 29.6 Å². The Bertz CT molecular complexity index is 580. The predicted octanol–water partition coefficient (Wildman–Crippen LogP) is 3.56. The molecule has 4 nitrogen and oxygen atoms in total. The van der Waals surface area contributed by atoms with E-state index < -0.39 is 0 Å². The third-order valence-electron chi connectivity index (χ3n) is 3.78. The zero-order valence-electron chi connectivity index (χ0n) is 12.2. The summed E-state index contributed by atoms with van der Waals surface area (Å²) in [5.74, 6) is 0.629. The Kier molecular flexibility index (Phi) is 6.36. The highest BCUT2D eigenvalue weighted by atomic mass is 35.5. The summed E-state index contributed by atoms with van der Waals surface area (Å²) >= 11 is 1.61. The summed E-state index contributed by atoms with van der Waals surface area (Å²) < 4.78 is 0. The maximum absolute atomic E-state index is 12.1. The van der Waals surface area contributed by atoms with Gasteiger partial charge in [0.2, 0.25) is 5.91 Å². The van der Waals surface area contributed by atoms with Gasteiger partial charge >= 0.3 is 0 Å². The number of hydrogen-bond acceptors (Lipinski definition) is 4. The number of piperidine rings is 1. The highest BCUT2D eigenvalue weighted by molar-refractivity contribution is 7.13. The van der Waals surface area contributed by atoms with Gasteiger partial charge in [-0.05, 0) is 56.1 Å². The van der Waals surface area contributed by atoms with Crippen molar-refractivity contribution in [3.63, 3.8) is 0 Å². The molecule has 6 heteroatoms. The van der Waals surface area contributed by atoms with E-state index in [1.54, 1.807) is 17.5 Å². The molecule has 118 valence electrons. The number of anilines is 1. The molecule has 1 amide bonds. The minimum absolute atomic E-state index is 0. The van der Waals surface area contributed by atoms with Gasteiger partial charge in [-0.3, -0.25) is 4.79 Å². The lowest BCUT2D eigenvalue weighted by molar-refractivity contribution is -0.117. The molecular weight excluding hydrogens is 318 g/mol. The van der Waals surface area contributed by atoms with Crippen LogP contribution in [0.3, 0.4) is 0 Å². The number of amides is 1. The molecule has 0 aliphatic carbocycles. The Balaban J connectivity index is 0.00000176. The van der Waals surface area contributed by atoms with Gasteiger partial charge in [-0.15, -0.1) is 23.7 Å². The Morgan fingerprint density at radius 3 is 2.64 bits per heavy atom. The van der Waals surface area contributed by atoms with Crippen molar-refractivity contribution in [3.8, 4) is 10.6 Å². The first-order chi connectivity index (χ1) is 10.3. The number of thiazole rings is 1. The standard InChI is InChI=1S/C16H19N3OS.ClH/c20-15(11-12-5-7-17-8-6-12)19-14-3-1-13(2-4-14)16-18-9-10-21-16;/h1-4,9-10,12,17H,5-8,11H2,(H,19,20);1H. The van der Waals surface area contributed by atoms with E-state index in [-0.39, 0.29) is 18.3 Å². The van der Waals surface area contributed by atoms with Crippen molar-refractivity contribution < 1.29 is 4.79 Å². The van der Waals surface area contributed by atoms with Crippen LogP contribution in [0.1, 0.15) is 19.3 Å². The molecule has 0 bridgehead atoms. The van der Waals surface area contributed by atoms with E-state index in [0.717, 1.165) is 42.2 Å². The van der Waals surface area contributed by atoms with Crippen LogP contribution in [0.25, 0.3) is 10.6 Å². The van der Waals surface area contributed by atoms with Crippen LogP contribution < -0.4 is 10.6 Å². The third kappa shape index (κ3) is 4.53. The monoisotopic (exact) mass is 337 g/mol. The fourth-order valence-electron chi connectivity index (χ4n) is 2.62. The summed E-state index contributed by atoms with van der Waals surface area (Å²) in [6.07, 6.45) is 4.61. The van der Waals surface area contributed by atoms with E-state index in [2.05, 4.69) is 15.6 Å². The molecule has 0 saturated carbocycles. The average molecular weight is 338 g/mol. The molecule has 1 fully saturated rings. The van der Waals surface area contributed by atoms with E-state index in [4.69, 9.17) is 0 Å². The van der Waals surface area contributed by atoms with Crippen LogP contribution >= 0.6 is 23.7 Å². The van der Waals surface area contributed by atoms with Crippen molar-refractivity contribution >= 4 is 35.3 Å². The second kappa shape index (κ2) is 8.27. The first-order valence-electron chi connectivity index (χ1n) is 7.32. The normalized spacial score (nSPS) is 15.1. The molecule has 0 radical (unpaired) electrons. The van der Waals surface area contributed by atoms with E-state index in [1.165, 1.54) is 0 Å². The van der Waals surface area contributed by atoms with Gasteiger partial charge in [0.05, 0.1) is 0 Å². The first kappa shape index (κ1) is 16.9. The minimum atomic E-state index is 0. The van der Waals surface area contributed by atoms with Gasteiger partial charge in [-0.2, -0.15) is 0 Å². The van der Waals surface area contributed by atoms with Crippen LogP contribution in [0.15, 0.2) is 35.8 Å². The number of carbonyl (C=O) groups is 1. The first-order valence-corrected chi connectivity index (χ1v) is 8.20. The summed E-state index contributed by atoms with van der Waals surface area (Å²) in [5.41, 5.74) is 1.94. The zero-order valence-corrected chi connectivity index (χ0v) is 13.9. The molecule has 1 aliphatic heterocycles. The lowest BCUT2D eigenvalue weighted by Crippen LogP contribution is -2.30. The molecular formula is C16H20ClN3OS. The van der Waals surface area contributed by atoms with Gasteiger partial charge in [0.1, 0.15) is 5.01 Å². The van der Waals surface area contributed by atoms with Gasteiger partial charge in [-0.1, -0.05) is 0 Å². The SMILES string of the molecule is Cl.O=C(CC1CCNCC1)Nc1ccc(-c2nccs2)cc1. The number of benzene rings is 1. The quantitative estimate of drug-likeness (QED) is 0.897. The van der Waals surface area contributed by atoms with Gasteiger partial charge in [0.25, 0.3) is 0 Å². The Morgan fingerprint density at radius 1 is 1.27 bits per heavy atom. The van der Waals surface area contributed by atoms with Gasteiger partial charge in [0.15, 0.2) is 0 Å². The molecule has 1 aromatic heterocycles. The van der Waals surface area contributed by atoms with Crippen molar-refractivity contribution in [1.82, 2.24) is 10.3 Å². The molecule has 1 aromatic carbocycles. The predicted molar refractivity (Wildman–Crippen MR) is 93.6 cm³/mol. The molecule has 22 heavy (non-hydrogen) atoms. The fraction of sp³-hybridized carbons (Fsp3) is 0.375. The number of nitrogens with zero attached hydrogens (tertiary/aromatic N) is 1. The van der Waals surface area contributed by atoms with E-state index >= 15 is 0 Å². The summed E-state index contributed by atoms with van der Waals surface area (Å²) in [7, 11) is 0. The van der Waals surface area contributed by atoms with Crippen LogP contribution in [0.5, 0.6) is 0 Å². The van der Waals surface area contributed by atoms with Crippen molar-refractivity contribution in [2.45, 2.75) is 19.3 Å². The molecule has 1 aliphatic rings. The molecule has 1 saturated heterocycles. The van der Waals surface area contributed by atoms with Gasteiger partial charge < -0.3 is 10.6 Å². The summed E-state index contributed by atoms with van der Waals surface area (Å²) in [6.45, 7) is 2.06. The van der Waals surface area contributed by atoms with Crippen LogP contribution in [-0.2, 0) is 4.79 Å². The largest absolute Gasteiger partial charge is 0.326 e. The van der Waals surface area contributed by atoms with Crippen LogP contribution in [-0.4, -0.2) is 24.0 Å². The van der Waals surface area contributed by atoms with Crippen molar-refractivity contribution in [2.24, 2.45) is 5.92 Å². The third-order valence-corrected chi connectivity index (χ3v) is 4.60. The molecule has 3 rings (SSSR count). The lowest BCUT2D eigenvalue weighted by Gasteiger charge is -2.21. The highest BCUT2D eigenvalue weighted by Gasteiger charge is 2.16. The molecule has 0 unspecified atom stereocenters. The Labute approximate surface area is 140 Å². The number of aromatic nitrogens is 1. The molecule has 2 heterocycles. The number of halogens is 1. The van der Waals surface area contributed by atoms with E-state index in [9.17, 15) is 4.79 Å². The number of rotatable bonds is 4. The highest BCUT2D eigenvalue weighted by Crippen LogP contribution is 2.23. The van der Waals surface area contributed by atoms with Crippen LogP contribution in [0.2, 0.25) is 0 Å². The van der Waals surface area contributed by atoms with E-state index in [0.29, 0.717) is 12.3 Å². The lowest BCUT2D eigenvalue weighted by atomic mass is 9.94. The zero-order chi connectivity index (χ0) is 14.5. The topological polar surface area (TPSA) is 54.0 Å². The number of nitrogens with one attached hydrogen (secondary N) is 2. The molecule has 0 atom stereocenters. The van der Waals surface area contributed by atoms with Crippen molar-refractivity contribution in [3.05, 3.63) is 35.8 Å². The van der Waals surface area contributed by atoms with Crippen LogP contribution in [0, 0.1) is 5.92 Å². The molecule has 2 N–H and O–H groups in total. The van der Waals surface area contributed by atoms with Crippen molar-refractivity contribution in [2.75, 3.05) is 18.4 Å². The van der Waals surface area contributed by atoms with Gasteiger partial charge in [-0.25, -0.2) is 4.98 Å². The second-order valence-corrected chi connectivity index (χ2v) is 6.25. The Hall–Kier alpha value is -1.43. The number of hydrogen-bond donors (Lipinski definition) is 2. The fourth-order valence-corrected chi connectivity index (χ4v) is 3.27. The van der Waals surface area contributed by atoms with Crippen LogP contribution in [0.4, 0.5) is 5.69 Å². The second-order valence-electron chi connectivity index (χ2n) is 5.36. The maximum atomic E-state index is 12.1. The van der Waals surface area contributed by atoms with Crippen molar-refractivity contribution in [1.29, 1.82) is 0 Å². The minimum Gasteiger partial charge on any atom is -0.326 e.